The summed E-state index contributed by atoms with van der Waals surface area (Å²) in [5, 5.41) is 0.503. The highest BCUT2D eigenvalue weighted by Crippen LogP contribution is 2.24. The first-order valence-corrected chi connectivity index (χ1v) is 3.63. The first-order valence-electron chi connectivity index (χ1n) is 3.25. The van der Waals surface area contributed by atoms with Crippen molar-refractivity contribution < 1.29 is 4.84 Å². The van der Waals surface area contributed by atoms with E-state index in [0.717, 1.165) is 11.3 Å². The molecule has 1 aliphatic heterocycles. The predicted molar refractivity (Wildman–Crippen MR) is 44.0 cm³/mol. The van der Waals surface area contributed by atoms with E-state index in [1.165, 1.54) is 0 Å². The van der Waals surface area contributed by atoms with E-state index < -0.39 is 0 Å². The molecule has 0 fully saturated rings. The SMILES string of the molecule is ClC1=Cc2ccccc2ON1. The van der Waals surface area contributed by atoms with Crippen LogP contribution in [-0.2, 0) is 0 Å². The Morgan fingerprint density at radius 3 is 3.00 bits per heavy atom. The highest BCUT2D eigenvalue weighted by Gasteiger charge is 2.06. The quantitative estimate of drug-likeness (QED) is 0.598. The second-order valence-corrected chi connectivity index (χ2v) is 2.64. The third kappa shape index (κ3) is 1.17. The molecule has 2 nitrogen and oxygen atoms in total. The smallest absolute Gasteiger partial charge is 0.162 e. The molecular weight excluding hydrogens is 162 g/mol. The molecule has 0 saturated carbocycles. The second-order valence-electron chi connectivity index (χ2n) is 2.23. The number of halogens is 1. The molecule has 0 saturated heterocycles. The van der Waals surface area contributed by atoms with E-state index in [4.69, 9.17) is 16.4 Å². The summed E-state index contributed by atoms with van der Waals surface area (Å²) >= 11 is 5.67. The van der Waals surface area contributed by atoms with Crippen LogP contribution in [0, 0.1) is 0 Å². The van der Waals surface area contributed by atoms with E-state index in [1.807, 2.05) is 30.3 Å². The molecule has 1 N–H and O–H groups in total. The van der Waals surface area contributed by atoms with Gasteiger partial charge in [0.25, 0.3) is 0 Å². The van der Waals surface area contributed by atoms with Gasteiger partial charge in [-0.25, -0.2) is 5.48 Å². The summed E-state index contributed by atoms with van der Waals surface area (Å²) in [4.78, 5) is 5.09. The Labute approximate surface area is 69.4 Å². The predicted octanol–water partition coefficient (Wildman–Crippen LogP) is 2.12. The Balaban J connectivity index is 2.51. The topological polar surface area (TPSA) is 21.3 Å². The Bertz CT molecular complexity index is 309. The van der Waals surface area contributed by atoms with Crippen molar-refractivity contribution in [1.82, 2.24) is 5.48 Å². The minimum Gasteiger partial charge on any atom is -0.381 e. The Hall–Kier alpha value is -1.15. The van der Waals surface area contributed by atoms with Crippen molar-refractivity contribution in [1.29, 1.82) is 0 Å². The molecule has 0 spiro atoms. The van der Waals surface area contributed by atoms with Crippen LogP contribution in [0.5, 0.6) is 5.75 Å². The fraction of sp³-hybridized carbons (Fsp3) is 0. The van der Waals surface area contributed by atoms with Crippen LogP contribution in [-0.4, -0.2) is 0 Å². The van der Waals surface area contributed by atoms with Crippen molar-refractivity contribution in [2.24, 2.45) is 0 Å². The Morgan fingerprint density at radius 1 is 1.27 bits per heavy atom. The standard InChI is InChI=1S/C8H6ClNO/c9-8-5-6-3-1-2-4-7(6)11-10-8/h1-5,10H. The molecule has 1 heterocycles. The number of nitrogens with one attached hydrogen (secondary N) is 1. The van der Waals surface area contributed by atoms with Crippen LogP contribution < -0.4 is 10.3 Å². The first-order chi connectivity index (χ1) is 5.36. The summed E-state index contributed by atoms with van der Waals surface area (Å²) in [6.45, 7) is 0. The molecule has 56 valence electrons. The summed E-state index contributed by atoms with van der Waals surface area (Å²) in [6.07, 6.45) is 1.82. The van der Waals surface area contributed by atoms with Gasteiger partial charge in [0.05, 0.1) is 0 Å². The lowest BCUT2D eigenvalue weighted by molar-refractivity contribution is 0.234. The fourth-order valence-electron chi connectivity index (χ4n) is 0.962. The van der Waals surface area contributed by atoms with Crippen molar-refractivity contribution in [3.63, 3.8) is 0 Å². The number of hydrogen-bond donors (Lipinski definition) is 1. The third-order valence-corrected chi connectivity index (χ3v) is 1.65. The highest BCUT2D eigenvalue weighted by molar-refractivity contribution is 6.31. The number of fused-ring (bicyclic) bond motifs is 1. The van der Waals surface area contributed by atoms with E-state index in [9.17, 15) is 0 Å². The van der Waals surface area contributed by atoms with Gasteiger partial charge in [0.1, 0.15) is 5.16 Å². The van der Waals surface area contributed by atoms with E-state index in [1.54, 1.807) is 0 Å². The molecule has 1 aromatic carbocycles. The third-order valence-electron chi connectivity index (χ3n) is 1.46. The van der Waals surface area contributed by atoms with E-state index >= 15 is 0 Å². The molecule has 0 aromatic heterocycles. The highest BCUT2D eigenvalue weighted by atomic mass is 35.5. The maximum absolute atomic E-state index is 5.67. The average Bonchev–Trinajstić information content (AvgIpc) is 2.04. The molecule has 0 radical (unpaired) electrons. The Kier molecular flexibility index (Phi) is 1.47. The van der Waals surface area contributed by atoms with Gasteiger partial charge in [0, 0.05) is 5.56 Å². The van der Waals surface area contributed by atoms with Crippen molar-refractivity contribution in [3.05, 3.63) is 35.0 Å². The number of para-hydroxylation sites is 1. The van der Waals surface area contributed by atoms with Gasteiger partial charge in [0.15, 0.2) is 5.75 Å². The Morgan fingerprint density at radius 2 is 2.09 bits per heavy atom. The molecule has 0 bridgehead atoms. The first kappa shape index (κ1) is 6.55. The summed E-state index contributed by atoms with van der Waals surface area (Å²) in [7, 11) is 0. The molecule has 1 aliphatic rings. The molecule has 0 atom stereocenters. The van der Waals surface area contributed by atoms with Gasteiger partial charge in [-0.1, -0.05) is 29.8 Å². The van der Waals surface area contributed by atoms with Gasteiger partial charge in [-0.2, -0.15) is 0 Å². The molecule has 2 rings (SSSR count). The molecule has 1 aromatic rings. The molecule has 0 aliphatic carbocycles. The fourth-order valence-corrected chi connectivity index (χ4v) is 1.12. The molecule has 3 heteroatoms. The lowest BCUT2D eigenvalue weighted by Gasteiger charge is -2.14. The maximum atomic E-state index is 5.67. The monoisotopic (exact) mass is 167 g/mol. The van der Waals surface area contributed by atoms with E-state index in [0.29, 0.717) is 5.16 Å². The van der Waals surface area contributed by atoms with E-state index in [2.05, 4.69) is 5.48 Å². The largest absolute Gasteiger partial charge is 0.381 e. The minimum absolute atomic E-state index is 0.503. The normalized spacial score (nSPS) is 14.1. The zero-order valence-electron chi connectivity index (χ0n) is 5.67. The van der Waals surface area contributed by atoms with Gasteiger partial charge >= 0.3 is 0 Å². The van der Waals surface area contributed by atoms with Gasteiger partial charge in [-0.15, -0.1) is 0 Å². The summed E-state index contributed by atoms with van der Waals surface area (Å²) in [6, 6.07) is 7.67. The van der Waals surface area contributed by atoms with Gasteiger partial charge < -0.3 is 4.84 Å². The van der Waals surface area contributed by atoms with Gasteiger partial charge in [-0.05, 0) is 12.1 Å². The van der Waals surface area contributed by atoms with Crippen molar-refractivity contribution >= 4 is 17.7 Å². The van der Waals surface area contributed by atoms with Crippen LogP contribution >= 0.6 is 11.6 Å². The maximum Gasteiger partial charge on any atom is 0.162 e. The van der Waals surface area contributed by atoms with Gasteiger partial charge in [0.2, 0.25) is 0 Å². The molecule has 0 amide bonds. The summed E-state index contributed by atoms with van der Waals surface area (Å²) in [5.74, 6) is 0.803. The van der Waals surface area contributed by atoms with Crippen LogP contribution in [0.25, 0.3) is 6.08 Å². The number of rotatable bonds is 0. The van der Waals surface area contributed by atoms with Crippen molar-refractivity contribution in [2.75, 3.05) is 0 Å². The lowest BCUT2D eigenvalue weighted by atomic mass is 10.2. The summed E-state index contributed by atoms with van der Waals surface area (Å²) in [5.41, 5.74) is 3.56. The zero-order valence-corrected chi connectivity index (χ0v) is 6.43. The van der Waals surface area contributed by atoms with Crippen LogP contribution in [0.15, 0.2) is 29.4 Å². The molecule has 11 heavy (non-hydrogen) atoms. The van der Waals surface area contributed by atoms with Crippen molar-refractivity contribution in [2.45, 2.75) is 0 Å². The van der Waals surface area contributed by atoms with Gasteiger partial charge in [-0.3, -0.25) is 0 Å². The van der Waals surface area contributed by atoms with Crippen LogP contribution in [0.4, 0.5) is 0 Å². The second kappa shape index (κ2) is 2.47. The molecule has 0 unspecified atom stereocenters. The molecular formula is C8H6ClNO. The summed E-state index contributed by atoms with van der Waals surface area (Å²) < 4.78 is 0. The lowest BCUT2D eigenvalue weighted by Crippen LogP contribution is -2.18. The van der Waals surface area contributed by atoms with Crippen LogP contribution in [0.1, 0.15) is 5.56 Å². The van der Waals surface area contributed by atoms with Crippen LogP contribution in [0.2, 0.25) is 0 Å². The van der Waals surface area contributed by atoms with Crippen molar-refractivity contribution in [3.8, 4) is 5.75 Å². The minimum atomic E-state index is 0.503. The number of hydrogen-bond acceptors (Lipinski definition) is 2. The number of hydroxylamine groups is 1. The van der Waals surface area contributed by atoms with Crippen LogP contribution in [0.3, 0.4) is 0 Å². The number of benzene rings is 1. The average molecular weight is 168 g/mol. The van der Waals surface area contributed by atoms with E-state index in [-0.39, 0.29) is 0 Å². The zero-order chi connectivity index (χ0) is 7.68.